The van der Waals surface area contributed by atoms with Crippen molar-refractivity contribution in [2.45, 2.75) is 46.5 Å². The van der Waals surface area contributed by atoms with Crippen LogP contribution >= 0.6 is 0 Å². The van der Waals surface area contributed by atoms with Crippen LogP contribution in [-0.2, 0) is 0 Å². The smallest absolute Gasteiger partial charge is 0.319 e. The molecule has 21 heavy (non-hydrogen) atoms. The molecule has 0 aliphatic heterocycles. The van der Waals surface area contributed by atoms with Crippen LogP contribution in [0.1, 0.15) is 42.4 Å². The summed E-state index contributed by atoms with van der Waals surface area (Å²) in [5, 5.41) is 6.10. The molecule has 0 radical (unpaired) electrons. The minimum Gasteiger partial charge on any atom is -0.338 e. The Hall–Kier alpha value is -1.51. The standard InChI is InChI=1S/C18H26N2O/c1-11-6-12(2)17(13(3)7-11)20-18(21)19-10-16-9-14-4-5-15(16)8-14/h6-7,14-16H,4-5,8-10H2,1-3H3,(H2,19,20,21)/t14-,15-,16-/m0/s1. The Morgan fingerprint density at radius 2 is 1.86 bits per heavy atom. The summed E-state index contributed by atoms with van der Waals surface area (Å²) in [7, 11) is 0. The molecule has 0 spiro atoms. The highest BCUT2D eigenvalue weighted by Crippen LogP contribution is 2.47. The molecule has 2 bridgehead atoms. The maximum atomic E-state index is 12.1. The molecule has 2 saturated carbocycles. The van der Waals surface area contributed by atoms with Gasteiger partial charge in [-0.25, -0.2) is 4.79 Å². The Kier molecular flexibility index (Phi) is 3.92. The number of carbonyl (C=O) groups excluding carboxylic acids is 1. The molecule has 2 aliphatic carbocycles. The van der Waals surface area contributed by atoms with E-state index in [9.17, 15) is 4.79 Å². The Balaban J connectivity index is 1.55. The van der Waals surface area contributed by atoms with Crippen LogP contribution < -0.4 is 10.6 Å². The third-order valence-corrected chi connectivity index (χ3v) is 5.32. The van der Waals surface area contributed by atoms with Crippen LogP contribution in [0, 0.1) is 38.5 Å². The lowest BCUT2D eigenvalue weighted by Gasteiger charge is -2.22. The first-order chi connectivity index (χ1) is 10.0. The van der Waals surface area contributed by atoms with E-state index in [1.807, 2.05) is 13.8 Å². The van der Waals surface area contributed by atoms with E-state index in [1.54, 1.807) is 0 Å². The number of nitrogens with one attached hydrogen (secondary N) is 2. The van der Waals surface area contributed by atoms with Gasteiger partial charge in [0.25, 0.3) is 0 Å². The summed E-state index contributed by atoms with van der Waals surface area (Å²) >= 11 is 0. The first-order valence-corrected chi connectivity index (χ1v) is 8.15. The zero-order chi connectivity index (χ0) is 15.0. The van der Waals surface area contributed by atoms with Crippen molar-refractivity contribution in [3.05, 3.63) is 28.8 Å². The third kappa shape index (κ3) is 3.07. The molecule has 3 rings (SSSR count). The van der Waals surface area contributed by atoms with Crippen LogP contribution in [0.25, 0.3) is 0 Å². The summed E-state index contributed by atoms with van der Waals surface area (Å²) in [4.78, 5) is 12.1. The number of urea groups is 1. The number of carbonyl (C=O) groups is 1. The van der Waals surface area contributed by atoms with Crippen LogP contribution in [0.15, 0.2) is 12.1 Å². The SMILES string of the molecule is Cc1cc(C)c(NC(=O)NC[C@@H]2C[C@H]3CC[C@H]2C3)c(C)c1. The van der Waals surface area contributed by atoms with Crippen LogP contribution in [0.3, 0.4) is 0 Å². The summed E-state index contributed by atoms with van der Waals surface area (Å²) in [6.07, 6.45) is 5.49. The molecule has 0 saturated heterocycles. The first-order valence-electron chi connectivity index (χ1n) is 8.15. The summed E-state index contributed by atoms with van der Waals surface area (Å²) < 4.78 is 0. The van der Waals surface area contributed by atoms with E-state index in [0.29, 0.717) is 5.92 Å². The molecule has 2 aliphatic rings. The van der Waals surface area contributed by atoms with E-state index < -0.39 is 0 Å². The topological polar surface area (TPSA) is 41.1 Å². The van der Waals surface area contributed by atoms with Gasteiger partial charge in [0.05, 0.1) is 0 Å². The highest BCUT2D eigenvalue weighted by Gasteiger charge is 2.39. The highest BCUT2D eigenvalue weighted by molar-refractivity contribution is 5.91. The second-order valence-electron chi connectivity index (χ2n) is 7.04. The van der Waals surface area contributed by atoms with Gasteiger partial charge in [-0.05, 0) is 68.9 Å². The van der Waals surface area contributed by atoms with E-state index in [4.69, 9.17) is 0 Å². The van der Waals surface area contributed by atoms with E-state index >= 15 is 0 Å². The normalized spacial score (nSPS) is 26.9. The molecule has 3 nitrogen and oxygen atoms in total. The number of fused-ring (bicyclic) bond motifs is 2. The largest absolute Gasteiger partial charge is 0.338 e. The van der Waals surface area contributed by atoms with Crippen LogP contribution in [0.2, 0.25) is 0 Å². The minimum atomic E-state index is -0.0622. The van der Waals surface area contributed by atoms with Crippen molar-refractivity contribution in [2.75, 3.05) is 11.9 Å². The number of hydrogen-bond acceptors (Lipinski definition) is 1. The number of aryl methyl sites for hydroxylation is 3. The molecule has 2 N–H and O–H groups in total. The van der Waals surface area contributed by atoms with E-state index in [-0.39, 0.29) is 6.03 Å². The van der Waals surface area contributed by atoms with Crippen LogP contribution in [0.4, 0.5) is 10.5 Å². The molecular formula is C18H26N2O. The van der Waals surface area contributed by atoms with Crippen LogP contribution in [0.5, 0.6) is 0 Å². The molecule has 3 heteroatoms. The number of anilines is 1. The highest BCUT2D eigenvalue weighted by atomic mass is 16.2. The molecular weight excluding hydrogens is 260 g/mol. The lowest BCUT2D eigenvalue weighted by molar-refractivity contribution is 0.245. The summed E-state index contributed by atoms with van der Waals surface area (Å²) in [5.41, 5.74) is 4.44. The van der Waals surface area contributed by atoms with Gasteiger partial charge in [-0.3, -0.25) is 0 Å². The number of hydrogen-bond donors (Lipinski definition) is 2. The van der Waals surface area contributed by atoms with E-state index in [0.717, 1.165) is 35.2 Å². The third-order valence-electron chi connectivity index (χ3n) is 5.32. The Labute approximate surface area is 127 Å². The second-order valence-corrected chi connectivity index (χ2v) is 7.04. The van der Waals surface area contributed by atoms with E-state index in [1.165, 1.54) is 31.2 Å². The predicted molar refractivity (Wildman–Crippen MR) is 86.6 cm³/mol. The van der Waals surface area contributed by atoms with Gasteiger partial charge in [-0.2, -0.15) is 0 Å². The van der Waals surface area contributed by atoms with Crippen molar-refractivity contribution in [1.82, 2.24) is 5.32 Å². The number of amides is 2. The summed E-state index contributed by atoms with van der Waals surface area (Å²) in [5.74, 6) is 2.50. The van der Waals surface area contributed by atoms with Gasteiger partial charge in [0.15, 0.2) is 0 Å². The van der Waals surface area contributed by atoms with Gasteiger partial charge in [-0.1, -0.05) is 24.1 Å². The molecule has 2 amide bonds. The zero-order valence-corrected chi connectivity index (χ0v) is 13.3. The quantitative estimate of drug-likeness (QED) is 0.860. The number of rotatable bonds is 3. The molecule has 0 aromatic heterocycles. The molecule has 0 unspecified atom stereocenters. The van der Waals surface area contributed by atoms with Gasteiger partial charge < -0.3 is 10.6 Å². The molecule has 1 aromatic carbocycles. The fraction of sp³-hybridized carbons (Fsp3) is 0.611. The monoisotopic (exact) mass is 286 g/mol. The predicted octanol–water partition coefficient (Wildman–Crippen LogP) is 4.17. The maximum Gasteiger partial charge on any atom is 0.319 e. The van der Waals surface area contributed by atoms with Gasteiger partial charge in [-0.15, -0.1) is 0 Å². The Bertz CT molecular complexity index is 529. The van der Waals surface area contributed by atoms with Gasteiger partial charge in [0.2, 0.25) is 0 Å². The average molecular weight is 286 g/mol. The van der Waals surface area contributed by atoms with Crippen molar-refractivity contribution in [2.24, 2.45) is 17.8 Å². The summed E-state index contributed by atoms with van der Waals surface area (Å²) in [6.45, 7) is 7.01. The van der Waals surface area contributed by atoms with Gasteiger partial charge in [0.1, 0.15) is 0 Å². The first kappa shape index (κ1) is 14.4. The van der Waals surface area contributed by atoms with Crippen molar-refractivity contribution < 1.29 is 4.79 Å². The van der Waals surface area contributed by atoms with Crippen molar-refractivity contribution >= 4 is 11.7 Å². The summed E-state index contributed by atoms with van der Waals surface area (Å²) in [6, 6.07) is 4.16. The van der Waals surface area contributed by atoms with Gasteiger partial charge >= 0.3 is 6.03 Å². The lowest BCUT2D eigenvalue weighted by Crippen LogP contribution is -2.35. The average Bonchev–Trinajstić information content (AvgIpc) is 3.03. The van der Waals surface area contributed by atoms with Gasteiger partial charge in [0, 0.05) is 12.2 Å². The lowest BCUT2D eigenvalue weighted by atomic mass is 9.89. The maximum absolute atomic E-state index is 12.1. The number of benzene rings is 1. The molecule has 3 atom stereocenters. The van der Waals surface area contributed by atoms with Crippen molar-refractivity contribution in [1.29, 1.82) is 0 Å². The molecule has 1 aromatic rings. The van der Waals surface area contributed by atoms with E-state index in [2.05, 4.69) is 29.7 Å². The minimum absolute atomic E-state index is 0.0622. The Morgan fingerprint density at radius 1 is 1.14 bits per heavy atom. The fourth-order valence-corrected chi connectivity index (χ4v) is 4.39. The zero-order valence-electron chi connectivity index (χ0n) is 13.3. The second kappa shape index (κ2) is 5.70. The molecule has 2 fully saturated rings. The van der Waals surface area contributed by atoms with Crippen molar-refractivity contribution in [3.63, 3.8) is 0 Å². The Morgan fingerprint density at radius 3 is 2.43 bits per heavy atom. The van der Waals surface area contributed by atoms with Crippen molar-refractivity contribution in [3.8, 4) is 0 Å². The fourth-order valence-electron chi connectivity index (χ4n) is 4.39. The van der Waals surface area contributed by atoms with Crippen LogP contribution in [-0.4, -0.2) is 12.6 Å². The molecule has 114 valence electrons. The molecule has 0 heterocycles.